The van der Waals surface area contributed by atoms with E-state index in [1.807, 2.05) is 0 Å². The average molecular weight is 330 g/mol. The minimum Gasteiger partial charge on any atom is -0.468 e. The van der Waals surface area contributed by atoms with Crippen LogP contribution in [-0.2, 0) is 21.4 Å². The van der Waals surface area contributed by atoms with Crippen LogP contribution in [-0.4, -0.2) is 30.2 Å². The van der Waals surface area contributed by atoms with Gasteiger partial charge >= 0.3 is 0 Å². The highest BCUT2D eigenvalue weighted by atomic mass is 35.5. The smallest absolute Gasteiger partial charge is 0.245 e. The minimum absolute atomic E-state index is 0.0836. The van der Waals surface area contributed by atoms with Crippen LogP contribution in [0.15, 0.2) is 46.0 Å². The summed E-state index contributed by atoms with van der Waals surface area (Å²) < 4.78 is 31.0. The molecule has 9 heteroatoms. The number of nitrogens with two attached hydrogens (primary N) is 1. The van der Waals surface area contributed by atoms with Crippen LogP contribution in [0.25, 0.3) is 0 Å². The first-order valence-electron chi connectivity index (χ1n) is 5.82. The third-order valence-electron chi connectivity index (χ3n) is 2.58. The summed E-state index contributed by atoms with van der Waals surface area (Å²) in [4.78, 5) is 14.8. The first-order valence-corrected chi connectivity index (χ1v) is 7.64. The highest BCUT2D eigenvalue weighted by molar-refractivity contribution is 7.89. The van der Waals surface area contributed by atoms with Gasteiger partial charge in [-0.2, -0.15) is 4.31 Å². The van der Waals surface area contributed by atoms with Gasteiger partial charge < -0.3 is 10.2 Å². The fraction of sp³-hybridized carbons (Fsp3) is 0.167. The molecule has 0 aliphatic heterocycles. The summed E-state index contributed by atoms with van der Waals surface area (Å²) >= 11 is 5.63. The van der Waals surface area contributed by atoms with Gasteiger partial charge in [0.05, 0.1) is 19.4 Å². The van der Waals surface area contributed by atoms with Crippen molar-refractivity contribution in [2.24, 2.45) is 5.73 Å². The van der Waals surface area contributed by atoms with Crippen LogP contribution in [0.5, 0.6) is 0 Å². The van der Waals surface area contributed by atoms with Crippen molar-refractivity contribution in [1.82, 2.24) is 9.29 Å². The second-order valence-corrected chi connectivity index (χ2v) is 6.46. The summed E-state index contributed by atoms with van der Waals surface area (Å²) in [5.41, 5.74) is 5.11. The summed E-state index contributed by atoms with van der Waals surface area (Å²) in [6.07, 6.45) is 2.53. The number of rotatable bonds is 6. The Morgan fingerprint density at radius 2 is 2.14 bits per heavy atom. The average Bonchev–Trinajstić information content (AvgIpc) is 2.91. The SMILES string of the molecule is NC(=O)CN(Cc1ccco1)S(=O)(=O)c1ccc(Cl)nc1. The molecule has 2 aromatic heterocycles. The van der Waals surface area contributed by atoms with Gasteiger partial charge in [-0.15, -0.1) is 0 Å². The van der Waals surface area contributed by atoms with Crippen LogP contribution in [0.1, 0.15) is 5.76 Å². The maximum atomic E-state index is 12.5. The zero-order valence-electron chi connectivity index (χ0n) is 10.8. The Balaban J connectivity index is 2.34. The molecule has 0 saturated heterocycles. The van der Waals surface area contributed by atoms with Gasteiger partial charge in [0.2, 0.25) is 15.9 Å². The van der Waals surface area contributed by atoms with E-state index in [4.69, 9.17) is 21.8 Å². The molecule has 7 nitrogen and oxygen atoms in total. The van der Waals surface area contributed by atoms with Crippen LogP contribution in [0.2, 0.25) is 5.15 Å². The standard InChI is InChI=1S/C12H12ClN3O4S/c13-11-4-3-10(6-15-11)21(18,19)16(8-12(14)17)7-9-2-1-5-20-9/h1-6H,7-8H2,(H2,14,17). The highest BCUT2D eigenvalue weighted by Crippen LogP contribution is 2.19. The zero-order chi connectivity index (χ0) is 15.5. The Morgan fingerprint density at radius 3 is 2.67 bits per heavy atom. The number of primary amides is 1. The van der Waals surface area contributed by atoms with Crippen molar-refractivity contribution in [2.45, 2.75) is 11.4 Å². The lowest BCUT2D eigenvalue weighted by atomic mass is 10.4. The van der Waals surface area contributed by atoms with Gasteiger partial charge in [-0.1, -0.05) is 11.6 Å². The lowest BCUT2D eigenvalue weighted by Gasteiger charge is -2.19. The van der Waals surface area contributed by atoms with Crippen LogP contribution in [0, 0.1) is 0 Å². The Bertz CT molecular complexity index is 713. The van der Waals surface area contributed by atoms with E-state index in [0.717, 1.165) is 10.5 Å². The molecule has 0 aromatic carbocycles. The fourth-order valence-electron chi connectivity index (χ4n) is 1.64. The summed E-state index contributed by atoms with van der Waals surface area (Å²) in [7, 11) is -3.94. The zero-order valence-corrected chi connectivity index (χ0v) is 12.3. The second kappa shape index (κ2) is 6.25. The quantitative estimate of drug-likeness (QED) is 0.796. The molecule has 2 rings (SSSR count). The van der Waals surface area contributed by atoms with E-state index >= 15 is 0 Å². The number of carbonyl (C=O) groups is 1. The Hall–Kier alpha value is -1.90. The molecule has 2 heterocycles. The molecule has 0 aliphatic rings. The first-order chi connectivity index (χ1) is 9.89. The molecule has 0 unspecified atom stereocenters. The number of halogens is 1. The molecule has 0 bridgehead atoms. The molecule has 2 aromatic rings. The predicted octanol–water partition coefficient (Wildman–Crippen LogP) is 1.00. The van der Waals surface area contributed by atoms with Gasteiger partial charge in [-0.25, -0.2) is 13.4 Å². The predicted molar refractivity (Wildman–Crippen MR) is 74.7 cm³/mol. The number of carbonyl (C=O) groups excluding carboxylic acids is 1. The second-order valence-electron chi connectivity index (χ2n) is 4.14. The van der Waals surface area contributed by atoms with E-state index in [2.05, 4.69) is 4.98 Å². The van der Waals surface area contributed by atoms with E-state index in [-0.39, 0.29) is 16.6 Å². The molecular formula is C12H12ClN3O4S. The lowest BCUT2D eigenvalue weighted by molar-refractivity contribution is -0.118. The molecule has 0 fully saturated rings. The molecule has 0 aliphatic carbocycles. The summed E-state index contributed by atoms with van der Waals surface area (Å²) in [6, 6.07) is 5.88. The van der Waals surface area contributed by atoms with E-state index in [0.29, 0.717) is 5.76 Å². The van der Waals surface area contributed by atoms with Crippen molar-refractivity contribution in [1.29, 1.82) is 0 Å². The summed E-state index contributed by atoms with van der Waals surface area (Å²) in [6.45, 7) is -0.577. The van der Waals surface area contributed by atoms with Gasteiger partial charge in [0.25, 0.3) is 0 Å². The highest BCUT2D eigenvalue weighted by Gasteiger charge is 2.27. The van der Waals surface area contributed by atoms with Gasteiger partial charge in [-0.05, 0) is 24.3 Å². The summed E-state index contributed by atoms with van der Waals surface area (Å²) in [5, 5.41) is 0.168. The molecule has 112 valence electrons. The minimum atomic E-state index is -3.94. The normalized spacial score (nSPS) is 11.7. The third kappa shape index (κ3) is 3.81. The molecule has 2 N–H and O–H groups in total. The van der Waals surface area contributed by atoms with E-state index < -0.39 is 22.5 Å². The van der Waals surface area contributed by atoms with Crippen molar-refractivity contribution in [2.75, 3.05) is 6.54 Å². The number of nitrogens with zero attached hydrogens (tertiary/aromatic N) is 2. The maximum absolute atomic E-state index is 12.5. The summed E-state index contributed by atoms with van der Waals surface area (Å²) in [5.74, 6) is -0.381. The molecular weight excluding hydrogens is 318 g/mol. The van der Waals surface area contributed by atoms with E-state index in [9.17, 15) is 13.2 Å². The third-order valence-corrected chi connectivity index (χ3v) is 4.58. The van der Waals surface area contributed by atoms with Crippen molar-refractivity contribution < 1.29 is 17.6 Å². The largest absolute Gasteiger partial charge is 0.468 e. The van der Waals surface area contributed by atoms with Crippen molar-refractivity contribution in [3.8, 4) is 0 Å². The van der Waals surface area contributed by atoms with Gasteiger partial charge in [0.1, 0.15) is 15.8 Å². The molecule has 0 atom stereocenters. The lowest BCUT2D eigenvalue weighted by Crippen LogP contribution is -2.37. The van der Waals surface area contributed by atoms with Crippen molar-refractivity contribution >= 4 is 27.5 Å². The number of hydrogen-bond donors (Lipinski definition) is 1. The van der Waals surface area contributed by atoms with E-state index in [1.54, 1.807) is 12.1 Å². The molecule has 1 amide bonds. The molecule has 0 spiro atoms. The fourth-order valence-corrected chi connectivity index (χ4v) is 3.07. The first kappa shape index (κ1) is 15.5. The number of sulfonamides is 1. The monoisotopic (exact) mass is 329 g/mol. The maximum Gasteiger partial charge on any atom is 0.245 e. The van der Waals surface area contributed by atoms with Crippen molar-refractivity contribution in [3.63, 3.8) is 0 Å². The van der Waals surface area contributed by atoms with Crippen LogP contribution in [0.3, 0.4) is 0 Å². The number of furan rings is 1. The number of pyridine rings is 1. The van der Waals surface area contributed by atoms with Crippen LogP contribution in [0.4, 0.5) is 0 Å². The molecule has 21 heavy (non-hydrogen) atoms. The number of hydrogen-bond acceptors (Lipinski definition) is 5. The molecule has 0 radical (unpaired) electrons. The van der Waals surface area contributed by atoms with Crippen LogP contribution >= 0.6 is 11.6 Å². The van der Waals surface area contributed by atoms with Gasteiger partial charge in [-0.3, -0.25) is 4.79 Å². The van der Waals surface area contributed by atoms with E-state index in [1.165, 1.54) is 18.4 Å². The Labute approximate surface area is 126 Å². The Morgan fingerprint density at radius 1 is 1.38 bits per heavy atom. The topological polar surface area (TPSA) is 107 Å². The Kier molecular flexibility index (Phi) is 4.61. The van der Waals surface area contributed by atoms with Crippen molar-refractivity contribution in [3.05, 3.63) is 47.6 Å². The molecule has 0 saturated carbocycles. The van der Waals surface area contributed by atoms with Gasteiger partial charge in [0.15, 0.2) is 0 Å². The number of aromatic nitrogens is 1. The van der Waals surface area contributed by atoms with Crippen LogP contribution < -0.4 is 5.73 Å². The number of amides is 1. The van der Waals surface area contributed by atoms with Gasteiger partial charge in [0, 0.05) is 6.20 Å².